The summed E-state index contributed by atoms with van der Waals surface area (Å²) in [6, 6.07) is 5.37. The predicted molar refractivity (Wildman–Crippen MR) is 78.5 cm³/mol. The number of hydrogen-bond acceptors (Lipinski definition) is 4. The molecule has 5 nitrogen and oxygen atoms in total. The van der Waals surface area contributed by atoms with E-state index in [1.807, 2.05) is 13.1 Å². The predicted octanol–water partition coefficient (Wildman–Crippen LogP) is 0.973. The van der Waals surface area contributed by atoms with Crippen LogP contribution < -0.4 is 16.0 Å². The lowest BCUT2D eigenvalue weighted by atomic mass is 10.2. The Labute approximate surface area is 121 Å². The van der Waals surface area contributed by atoms with Gasteiger partial charge in [-0.15, -0.1) is 0 Å². The number of morpholine rings is 1. The van der Waals surface area contributed by atoms with Gasteiger partial charge in [-0.25, -0.2) is 0 Å². The van der Waals surface area contributed by atoms with Gasteiger partial charge >= 0.3 is 0 Å². The fraction of sp³-hybridized carbons (Fsp3) is 0.462. The lowest BCUT2D eigenvalue weighted by molar-refractivity contribution is 0.0340. The van der Waals surface area contributed by atoms with Gasteiger partial charge < -0.3 is 20.7 Å². The summed E-state index contributed by atoms with van der Waals surface area (Å²) in [6.45, 7) is 3.32. The van der Waals surface area contributed by atoms with E-state index in [4.69, 9.17) is 10.5 Å². The highest BCUT2D eigenvalue weighted by molar-refractivity contribution is 9.10. The molecule has 0 radical (unpaired) electrons. The topological polar surface area (TPSA) is 67.6 Å². The molecule has 1 aliphatic heterocycles. The Bertz CT molecular complexity index is 461. The quantitative estimate of drug-likeness (QED) is 0.864. The molecule has 0 saturated carbocycles. The molecule has 1 aromatic carbocycles. The molecule has 0 aromatic heterocycles. The maximum Gasteiger partial charge on any atom is 0.248 e. The summed E-state index contributed by atoms with van der Waals surface area (Å²) in [5, 5.41) is 3.31. The third-order valence-electron chi connectivity index (χ3n) is 3.13. The highest BCUT2D eigenvalue weighted by Crippen LogP contribution is 2.26. The second-order valence-corrected chi connectivity index (χ2v) is 5.46. The minimum absolute atomic E-state index is 0.182. The first-order valence-corrected chi connectivity index (χ1v) is 7.00. The van der Waals surface area contributed by atoms with Gasteiger partial charge in [0.05, 0.1) is 18.4 Å². The molecule has 2 rings (SSSR count). The Hall–Kier alpha value is -1.11. The Morgan fingerprint density at radius 2 is 2.42 bits per heavy atom. The van der Waals surface area contributed by atoms with Crippen molar-refractivity contribution in [3.05, 3.63) is 28.2 Å². The first kappa shape index (κ1) is 14.3. The summed E-state index contributed by atoms with van der Waals surface area (Å²) in [7, 11) is 2.00. The molecule has 1 aromatic rings. The number of halogens is 1. The summed E-state index contributed by atoms with van der Waals surface area (Å²) in [6.07, 6.45) is 0.182. The van der Waals surface area contributed by atoms with Crippen molar-refractivity contribution in [2.45, 2.75) is 6.10 Å². The highest BCUT2D eigenvalue weighted by Gasteiger charge is 2.17. The van der Waals surface area contributed by atoms with E-state index in [1.165, 1.54) is 0 Å². The van der Waals surface area contributed by atoms with Gasteiger partial charge in [0.25, 0.3) is 0 Å². The molecule has 1 atom stereocenters. The smallest absolute Gasteiger partial charge is 0.248 e. The molecule has 104 valence electrons. The molecule has 0 spiro atoms. The molecule has 3 N–H and O–H groups in total. The number of nitrogens with one attached hydrogen (secondary N) is 1. The number of ether oxygens (including phenoxy) is 1. The average molecular weight is 328 g/mol. The average Bonchev–Trinajstić information content (AvgIpc) is 2.39. The number of nitrogens with zero attached hydrogens (tertiary/aromatic N) is 1. The minimum atomic E-state index is -0.422. The van der Waals surface area contributed by atoms with Gasteiger partial charge in [-0.1, -0.05) is 0 Å². The van der Waals surface area contributed by atoms with Crippen LogP contribution in [0.25, 0.3) is 0 Å². The molecular formula is C13H18BrN3O2. The van der Waals surface area contributed by atoms with Gasteiger partial charge in [-0.05, 0) is 34.1 Å². The summed E-state index contributed by atoms with van der Waals surface area (Å²) in [5.41, 5.74) is 6.77. The zero-order valence-corrected chi connectivity index (χ0v) is 12.4. The number of rotatable bonds is 4. The molecule has 1 unspecified atom stereocenters. The number of carbonyl (C=O) groups is 1. The number of benzene rings is 1. The van der Waals surface area contributed by atoms with Gasteiger partial charge in [0.15, 0.2) is 0 Å². The lowest BCUT2D eigenvalue weighted by Crippen LogP contribution is -2.44. The van der Waals surface area contributed by atoms with Gasteiger partial charge in [0.1, 0.15) is 0 Å². The van der Waals surface area contributed by atoms with E-state index in [0.29, 0.717) is 5.56 Å². The molecule has 1 heterocycles. The second-order valence-electron chi connectivity index (χ2n) is 4.61. The number of likely N-dealkylation sites (N-methyl/N-ethyl adjacent to an activating group) is 1. The van der Waals surface area contributed by atoms with Gasteiger partial charge in [0.2, 0.25) is 5.91 Å². The number of primary amides is 1. The number of carbonyl (C=O) groups excluding carboxylic acids is 1. The monoisotopic (exact) mass is 327 g/mol. The van der Waals surface area contributed by atoms with Crippen molar-refractivity contribution in [3.8, 4) is 0 Å². The van der Waals surface area contributed by atoms with Crippen molar-refractivity contribution in [1.82, 2.24) is 5.32 Å². The van der Waals surface area contributed by atoms with Gasteiger partial charge in [-0.3, -0.25) is 4.79 Å². The summed E-state index contributed by atoms with van der Waals surface area (Å²) in [5.74, 6) is -0.422. The zero-order chi connectivity index (χ0) is 13.8. The van der Waals surface area contributed by atoms with Crippen molar-refractivity contribution in [2.75, 3.05) is 38.2 Å². The normalized spacial score (nSPS) is 19.2. The standard InChI is InChI=1S/C13H18BrN3O2/c1-17(8-10-7-16-4-5-19-10)12-3-2-9(13(15)18)6-11(12)14/h2-3,6,10,16H,4-5,7-8H2,1H3,(H2,15,18). The molecule has 19 heavy (non-hydrogen) atoms. The Morgan fingerprint density at radius 1 is 1.63 bits per heavy atom. The van der Waals surface area contributed by atoms with E-state index in [2.05, 4.69) is 26.1 Å². The molecule has 1 amide bonds. The Morgan fingerprint density at radius 3 is 3.00 bits per heavy atom. The van der Waals surface area contributed by atoms with Crippen LogP contribution in [-0.2, 0) is 4.74 Å². The molecular weight excluding hydrogens is 310 g/mol. The van der Waals surface area contributed by atoms with Crippen LogP contribution in [0, 0.1) is 0 Å². The van der Waals surface area contributed by atoms with E-state index in [1.54, 1.807) is 12.1 Å². The third-order valence-corrected chi connectivity index (χ3v) is 3.76. The van der Waals surface area contributed by atoms with E-state index in [-0.39, 0.29) is 6.10 Å². The van der Waals surface area contributed by atoms with Crippen molar-refractivity contribution < 1.29 is 9.53 Å². The fourth-order valence-electron chi connectivity index (χ4n) is 2.11. The Kier molecular flexibility index (Phi) is 4.79. The third kappa shape index (κ3) is 3.68. The molecule has 6 heteroatoms. The number of amides is 1. The molecule has 0 bridgehead atoms. The molecule has 0 aliphatic carbocycles. The van der Waals surface area contributed by atoms with Crippen molar-refractivity contribution in [1.29, 1.82) is 0 Å². The van der Waals surface area contributed by atoms with Crippen LogP contribution in [0.2, 0.25) is 0 Å². The van der Waals surface area contributed by atoms with Gasteiger partial charge in [0, 0.05) is 36.7 Å². The largest absolute Gasteiger partial charge is 0.374 e. The first-order chi connectivity index (χ1) is 9.08. The number of nitrogens with two attached hydrogens (primary N) is 1. The molecule has 1 fully saturated rings. The van der Waals surface area contributed by atoms with Crippen molar-refractivity contribution in [2.24, 2.45) is 5.73 Å². The van der Waals surface area contributed by atoms with Crippen LogP contribution in [0.3, 0.4) is 0 Å². The van der Waals surface area contributed by atoms with E-state index < -0.39 is 5.91 Å². The summed E-state index contributed by atoms with van der Waals surface area (Å²) in [4.78, 5) is 13.2. The lowest BCUT2D eigenvalue weighted by Gasteiger charge is -2.29. The Balaban J connectivity index is 2.05. The number of anilines is 1. The maximum absolute atomic E-state index is 11.1. The van der Waals surface area contributed by atoms with Crippen LogP contribution in [0.4, 0.5) is 5.69 Å². The van der Waals surface area contributed by atoms with Crippen LogP contribution in [0.1, 0.15) is 10.4 Å². The SMILES string of the molecule is CN(CC1CNCCO1)c1ccc(C(N)=O)cc1Br. The van der Waals surface area contributed by atoms with Crippen molar-refractivity contribution in [3.63, 3.8) is 0 Å². The highest BCUT2D eigenvalue weighted by atomic mass is 79.9. The maximum atomic E-state index is 11.1. The number of hydrogen-bond donors (Lipinski definition) is 2. The summed E-state index contributed by atoms with van der Waals surface area (Å²) < 4.78 is 6.53. The minimum Gasteiger partial charge on any atom is -0.374 e. The van der Waals surface area contributed by atoms with Gasteiger partial charge in [-0.2, -0.15) is 0 Å². The fourth-order valence-corrected chi connectivity index (χ4v) is 2.79. The van der Waals surface area contributed by atoms with Crippen LogP contribution in [0.5, 0.6) is 0 Å². The summed E-state index contributed by atoms with van der Waals surface area (Å²) >= 11 is 3.47. The van der Waals surface area contributed by atoms with Crippen molar-refractivity contribution >= 4 is 27.5 Å². The second kappa shape index (κ2) is 6.36. The first-order valence-electron chi connectivity index (χ1n) is 6.20. The van der Waals surface area contributed by atoms with E-state index in [9.17, 15) is 4.79 Å². The van der Waals surface area contributed by atoms with E-state index in [0.717, 1.165) is 36.4 Å². The van der Waals surface area contributed by atoms with Crippen LogP contribution >= 0.6 is 15.9 Å². The van der Waals surface area contributed by atoms with Crippen LogP contribution in [0.15, 0.2) is 22.7 Å². The molecule has 1 saturated heterocycles. The van der Waals surface area contributed by atoms with E-state index >= 15 is 0 Å². The molecule has 1 aliphatic rings. The zero-order valence-electron chi connectivity index (χ0n) is 10.9. The van der Waals surface area contributed by atoms with Crippen LogP contribution in [-0.4, -0.2) is 45.3 Å².